The Kier molecular flexibility index (Phi) is 5.65. The number of hydrogen-bond donors (Lipinski definition) is 1. The number of benzene rings is 2. The van der Waals surface area contributed by atoms with E-state index >= 15 is 0 Å². The molecule has 2 aromatic rings. The smallest absolute Gasteiger partial charge is 0.215 e. The maximum atomic E-state index is 12.5. The van der Waals surface area contributed by atoms with Crippen molar-refractivity contribution >= 4 is 15.7 Å². The largest absolute Gasteiger partial charge is 0.374 e. The normalized spacial score (nSPS) is 15.3. The fourth-order valence-corrected chi connectivity index (χ4v) is 4.59. The molecule has 26 heavy (non-hydrogen) atoms. The summed E-state index contributed by atoms with van der Waals surface area (Å²) in [4.78, 5) is 4.32. The molecule has 0 fully saturated rings. The molecule has 2 aromatic carbocycles. The number of nitrogens with zero attached hydrogens (tertiary/aromatic N) is 2. The van der Waals surface area contributed by atoms with E-state index in [-0.39, 0.29) is 11.8 Å². The fourth-order valence-electron chi connectivity index (χ4n) is 3.44. The van der Waals surface area contributed by atoms with E-state index in [1.807, 2.05) is 44.4 Å². The van der Waals surface area contributed by atoms with E-state index in [9.17, 15) is 8.42 Å². The molecule has 1 unspecified atom stereocenters. The predicted octanol–water partition coefficient (Wildman–Crippen LogP) is 2.40. The van der Waals surface area contributed by atoms with E-state index in [1.165, 1.54) is 11.3 Å². The van der Waals surface area contributed by atoms with Gasteiger partial charge in [0.05, 0.1) is 5.75 Å². The number of nitrogens with one attached hydrogen (secondary N) is 1. The lowest BCUT2D eigenvalue weighted by Crippen LogP contribution is -2.35. The van der Waals surface area contributed by atoms with Crippen molar-refractivity contribution in [1.82, 2.24) is 9.62 Å². The molecule has 1 atom stereocenters. The van der Waals surface area contributed by atoms with Crippen LogP contribution in [0, 0.1) is 0 Å². The van der Waals surface area contributed by atoms with Gasteiger partial charge in [-0.3, -0.25) is 0 Å². The first-order valence-corrected chi connectivity index (χ1v) is 10.5. The summed E-state index contributed by atoms with van der Waals surface area (Å²) in [5.41, 5.74) is 4.55. The number of rotatable bonds is 7. The van der Waals surface area contributed by atoms with Gasteiger partial charge in [-0.25, -0.2) is 13.1 Å². The lowest BCUT2D eigenvalue weighted by atomic mass is 10.0. The van der Waals surface area contributed by atoms with Gasteiger partial charge in [-0.15, -0.1) is 0 Å². The summed E-state index contributed by atoms with van der Waals surface area (Å²) in [6, 6.07) is 15.7. The van der Waals surface area contributed by atoms with Crippen LogP contribution in [0.3, 0.4) is 0 Å². The number of hydrogen-bond acceptors (Lipinski definition) is 4. The molecular weight excluding hydrogens is 346 g/mol. The van der Waals surface area contributed by atoms with Crippen LogP contribution in [0.5, 0.6) is 0 Å². The zero-order valence-corrected chi connectivity index (χ0v) is 16.5. The second-order valence-electron chi connectivity index (χ2n) is 7.13. The third-order valence-corrected chi connectivity index (χ3v) is 6.26. The zero-order valence-electron chi connectivity index (χ0n) is 15.6. The second kappa shape index (κ2) is 7.78. The molecule has 0 saturated heterocycles. The van der Waals surface area contributed by atoms with Crippen LogP contribution in [0.4, 0.5) is 5.69 Å². The number of fused-ring (bicyclic) bond motifs is 1. The van der Waals surface area contributed by atoms with Crippen molar-refractivity contribution in [3.8, 4) is 0 Å². The molecule has 0 aliphatic carbocycles. The molecule has 0 saturated carbocycles. The Balaban J connectivity index is 1.71. The number of likely N-dealkylation sites (N-methyl/N-ethyl adjacent to an activating group) is 2. The topological polar surface area (TPSA) is 52.7 Å². The van der Waals surface area contributed by atoms with Crippen LogP contribution in [0.15, 0.2) is 48.5 Å². The van der Waals surface area contributed by atoms with Crippen LogP contribution in [0.2, 0.25) is 0 Å². The molecule has 140 valence electrons. The van der Waals surface area contributed by atoms with E-state index < -0.39 is 10.0 Å². The number of anilines is 1. The highest BCUT2D eigenvalue weighted by atomic mass is 32.2. The molecule has 1 N–H and O–H groups in total. The molecule has 3 rings (SSSR count). The van der Waals surface area contributed by atoms with Crippen LogP contribution < -0.4 is 9.62 Å². The minimum absolute atomic E-state index is 0.00295. The Morgan fingerprint density at radius 2 is 1.88 bits per heavy atom. The minimum atomic E-state index is -3.38. The molecule has 1 aliphatic heterocycles. The zero-order chi connectivity index (χ0) is 18.7. The van der Waals surface area contributed by atoms with Gasteiger partial charge in [-0.2, -0.15) is 0 Å². The highest BCUT2D eigenvalue weighted by Crippen LogP contribution is 2.30. The Bertz CT molecular complexity index is 851. The average molecular weight is 374 g/mol. The van der Waals surface area contributed by atoms with Crippen molar-refractivity contribution in [2.45, 2.75) is 18.2 Å². The molecule has 0 radical (unpaired) electrons. The molecule has 0 amide bonds. The Morgan fingerprint density at radius 3 is 2.58 bits per heavy atom. The molecular formula is C20H27N3O2S. The van der Waals surface area contributed by atoms with E-state index in [4.69, 9.17) is 0 Å². The quantitative estimate of drug-likeness (QED) is 0.810. The minimum Gasteiger partial charge on any atom is -0.374 e. The predicted molar refractivity (Wildman–Crippen MR) is 107 cm³/mol. The molecule has 0 aromatic heterocycles. The molecule has 6 heteroatoms. The van der Waals surface area contributed by atoms with Crippen molar-refractivity contribution < 1.29 is 8.42 Å². The fraction of sp³-hybridized carbons (Fsp3) is 0.400. The van der Waals surface area contributed by atoms with Crippen LogP contribution in [0.25, 0.3) is 0 Å². The first-order valence-electron chi connectivity index (χ1n) is 8.87. The summed E-state index contributed by atoms with van der Waals surface area (Å²) >= 11 is 0. The standard InChI is InChI=1S/C20H27N3O2S/c1-22(2)20(17-9-10-19-18(13-17)11-12-23(19)3)14-21-26(24,25)15-16-7-5-4-6-8-16/h4-10,13,20-21H,11-12,14-15H2,1-3H3. The van der Waals surface area contributed by atoms with E-state index in [0.29, 0.717) is 6.54 Å². The van der Waals surface area contributed by atoms with Gasteiger partial charge in [0.25, 0.3) is 0 Å². The first-order chi connectivity index (χ1) is 12.4. The Morgan fingerprint density at radius 1 is 1.15 bits per heavy atom. The maximum Gasteiger partial charge on any atom is 0.215 e. The van der Waals surface area contributed by atoms with Crippen LogP contribution in [-0.4, -0.2) is 47.6 Å². The van der Waals surface area contributed by atoms with Gasteiger partial charge in [-0.1, -0.05) is 42.5 Å². The summed E-state index contributed by atoms with van der Waals surface area (Å²) in [7, 11) is 2.69. The van der Waals surface area contributed by atoms with Gasteiger partial charge in [0.15, 0.2) is 0 Å². The second-order valence-corrected chi connectivity index (χ2v) is 8.94. The summed E-state index contributed by atoms with van der Waals surface area (Å²) in [5.74, 6) is 0.00295. The van der Waals surface area contributed by atoms with Gasteiger partial charge in [0.2, 0.25) is 10.0 Å². The van der Waals surface area contributed by atoms with Gasteiger partial charge in [0, 0.05) is 31.9 Å². The molecule has 0 spiro atoms. The van der Waals surface area contributed by atoms with Gasteiger partial charge in [-0.05, 0) is 43.3 Å². The Hall–Kier alpha value is -1.89. The van der Waals surface area contributed by atoms with Gasteiger partial charge >= 0.3 is 0 Å². The molecule has 0 bridgehead atoms. The summed E-state index contributed by atoms with van der Waals surface area (Å²) in [6.45, 7) is 1.39. The van der Waals surface area contributed by atoms with Crippen molar-refractivity contribution in [2.75, 3.05) is 39.1 Å². The van der Waals surface area contributed by atoms with Crippen LogP contribution in [0.1, 0.15) is 22.7 Å². The lowest BCUT2D eigenvalue weighted by Gasteiger charge is -2.26. The maximum absolute atomic E-state index is 12.5. The van der Waals surface area contributed by atoms with Crippen molar-refractivity contribution in [3.63, 3.8) is 0 Å². The third kappa shape index (κ3) is 4.44. The van der Waals surface area contributed by atoms with Crippen LogP contribution >= 0.6 is 0 Å². The van der Waals surface area contributed by atoms with E-state index in [0.717, 1.165) is 24.1 Å². The van der Waals surface area contributed by atoms with Crippen molar-refractivity contribution in [2.24, 2.45) is 0 Å². The SMILES string of the molecule is CN1CCc2cc(C(CNS(=O)(=O)Cc3ccccc3)N(C)C)ccc21. The summed E-state index contributed by atoms with van der Waals surface area (Å²) in [5, 5.41) is 0. The van der Waals surface area contributed by atoms with Gasteiger partial charge in [0.1, 0.15) is 0 Å². The summed E-state index contributed by atoms with van der Waals surface area (Å²) in [6.07, 6.45) is 1.04. The molecule has 1 aliphatic rings. The monoisotopic (exact) mass is 373 g/mol. The van der Waals surface area contributed by atoms with E-state index in [2.05, 4.69) is 39.8 Å². The highest BCUT2D eigenvalue weighted by molar-refractivity contribution is 7.88. The van der Waals surface area contributed by atoms with Crippen LogP contribution in [-0.2, 0) is 22.2 Å². The average Bonchev–Trinajstić information content (AvgIpc) is 2.96. The molecule has 5 nitrogen and oxygen atoms in total. The van der Waals surface area contributed by atoms with Crippen molar-refractivity contribution in [3.05, 3.63) is 65.2 Å². The highest BCUT2D eigenvalue weighted by Gasteiger charge is 2.22. The van der Waals surface area contributed by atoms with Gasteiger partial charge < -0.3 is 9.80 Å². The van der Waals surface area contributed by atoms with E-state index in [1.54, 1.807) is 0 Å². The van der Waals surface area contributed by atoms with Crippen molar-refractivity contribution in [1.29, 1.82) is 0 Å². The molecule has 1 heterocycles. The lowest BCUT2D eigenvalue weighted by molar-refractivity contribution is 0.299. The number of sulfonamides is 1. The Labute approximate surface area is 156 Å². The summed E-state index contributed by atoms with van der Waals surface area (Å²) < 4.78 is 27.7. The first kappa shape index (κ1) is 18.9. The third-order valence-electron chi connectivity index (χ3n) is 4.94.